The largest absolute Gasteiger partial charge is 0.476 e. The summed E-state index contributed by atoms with van der Waals surface area (Å²) in [6.07, 6.45) is 23.8. The zero-order chi connectivity index (χ0) is 49.5. The second kappa shape index (κ2) is 24.8. The monoisotopic (exact) mass is 982 g/mol. The van der Waals surface area contributed by atoms with Crippen molar-refractivity contribution in [1.82, 2.24) is 48.8 Å². The number of piperidine rings is 2. The van der Waals surface area contributed by atoms with Gasteiger partial charge in [0, 0.05) is 66.7 Å². The Balaban J connectivity index is 0.000000156. The fourth-order valence-corrected chi connectivity index (χ4v) is 10.1. The van der Waals surface area contributed by atoms with Crippen molar-refractivity contribution < 1.29 is 13.7 Å². The Hall–Kier alpha value is -6.87. The first-order valence-electron chi connectivity index (χ1n) is 24.8. The highest BCUT2D eigenvalue weighted by Gasteiger charge is 2.25. The number of rotatable bonds is 13. The molecule has 20 heteroatoms. The summed E-state index contributed by atoms with van der Waals surface area (Å²) in [4.78, 5) is 56.1. The van der Waals surface area contributed by atoms with Crippen LogP contribution in [0, 0.1) is 22.7 Å². The fourth-order valence-electron chi connectivity index (χ4n) is 9.66. The summed E-state index contributed by atoms with van der Waals surface area (Å²) in [6.45, 7) is 7.95. The van der Waals surface area contributed by atoms with Crippen LogP contribution in [0.15, 0.2) is 75.9 Å². The van der Waals surface area contributed by atoms with E-state index in [1.807, 2.05) is 36.4 Å². The molecule has 0 amide bonds. The van der Waals surface area contributed by atoms with Gasteiger partial charge in [0.25, 0.3) is 11.1 Å². The topological polar surface area (TPSA) is 249 Å². The van der Waals surface area contributed by atoms with Gasteiger partial charge in [0.1, 0.15) is 47.8 Å². The maximum absolute atomic E-state index is 12.9. The van der Waals surface area contributed by atoms with Crippen LogP contribution in [0.1, 0.15) is 113 Å². The molecule has 1 atom stereocenters. The molecule has 4 fully saturated rings. The molecule has 0 radical (unpaired) electrons. The van der Waals surface area contributed by atoms with Gasteiger partial charge < -0.3 is 20.5 Å². The molecule has 3 N–H and O–H groups in total. The van der Waals surface area contributed by atoms with Crippen molar-refractivity contribution in [3.05, 3.63) is 93.0 Å². The molecule has 10 rings (SSSR count). The van der Waals surface area contributed by atoms with Crippen LogP contribution < -0.4 is 31.6 Å². The SMILES string of the molecule is CS(=O)c1ncc2cc(C#N)c(=O)n(C3CCCC3)c2n1.N#Cc1cc2cnc(Nc3ccc(OCCN4CCCCC4)nc3)nc2n(C2CCCC2)c1=O.Nc1ccc(OCCN2CCCCC2)nc1. The summed E-state index contributed by atoms with van der Waals surface area (Å²) < 4.78 is 26.2. The second-order valence-corrected chi connectivity index (χ2v) is 19.6. The van der Waals surface area contributed by atoms with Crippen LogP contribution in [-0.4, -0.2) is 112 Å². The first-order valence-corrected chi connectivity index (χ1v) is 26.4. The van der Waals surface area contributed by atoms with Crippen molar-refractivity contribution in [3.63, 3.8) is 0 Å². The molecule has 2 aliphatic carbocycles. The summed E-state index contributed by atoms with van der Waals surface area (Å²) in [5.74, 6) is 1.62. The van der Waals surface area contributed by atoms with E-state index in [0.717, 1.165) is 83.2 Å². The van der Waals surface area contributed by atoms with Crippen LogP contribution in [0.5, 0.6) is 11.8 Å². The van der Waals surface area contributed by atoms with Crippen molar-refractivity contribution in [2.45, 2.75) is 107 Å². The molecule has 2 saturated carbocycles. The van der Waals surface area contributed by atoms with Crippen LogP contribution in [-0.2, 0) is 10.8 Å². The number of pyridine rings is 4. The smallest absolute Gasteiger partial charge is 0.270 e. The molecule has 4 aliphatic rings. The number of nitrogens with one attached hydrogen (secondary N) is 1. The average molecular weight is 983 g/mol. The maximum Gasteiger partial charge on any atom is 0.270 e. The number of nitrogens with two attached hydrogens (primary N) is 1. The summed E-state index contributed by atoms with van der Waals surface area (Å²) in [7, 11) is -1.31. The molecule has 6 aromatic rings. The number of anilines is 3. The number of hydrogen-bond donors (Lipinski definition) is 2. The van der Waals surface area contributed by atoms with Gasteiger partial charge in [0.2, 0.25) is 22.9 Å². The maximum atomic E-state index is 12.9. The molecular formula is C51H62N14O5S. The van der Waals surface area contributed by atoms with E-state index in [0.29, 0.717) is 58.7 Å². The molecule has 0 bridgehead atoms. The standard InChI is InChI=1S/C25H29N7O2.C14H14N4O2S.C12H19N3O/c26-15-18-14-19-16-28-25(30-23(19)32(24(18)33)21-6-2-3-7-21)29-20-8-9-22(27-17-20)34-13-12-31-10-4-1-5-11-31;1-21(20)14-16-8-10-6-9(7-15)13(19)18(12(10)17-14)11-4-2-3-5-11;13-11-4-5-12(14-10-11)16-9-8-15-6-2-1-3-7-15/h8-9,14,16-17,21H,1-7,10-13H2,(H,28,29,30);6,8,11H,2-5H2,1H3;4-5,10H,1-3,6-9,13H2. The zero-order valence-corrected chi connectivity index (χ0v) is 41.2. The Morgan fingerprint density at radius 1 is 0.648 bits per heavy atom. The van der Waals surface area contributed by atoms with Crippen molar-refractivity contribution in [3.8, 4) is 23.9 Å². The highest BCUT2D eigenvalue weighted by molar-refractivity contribution is 7.84. The quantitative estimate of drug-likeness (QED) is 0.113. The lowest BCUT2D eigenvalue weighted by atomic mass is 10.1. The van der Waals surface area contributed by atoms with E-state index in [4.69, 9.17) is 20.5 Å². The van der Waals surface area contributed by atoms with E-state index in [2.05, 4.69) is 45.0 Å². The van der Waals surface area contributed by atoms with E-state index in [1.54, 1.807) is 33.8 Å². The minimum absolute atomic E-state index is 0.0568. The molecule has 2 aliphatic heterocycles. The summed E-state index contributed by atoms with van der Waals surface area (Å²) in [6, 6.07) is 14.5. The number of fused-ring (bicyclic) bond motifs is 2. The molecule has 8 heterocycles. The highest BCUT2D eigenvalue weighted by Crippen LogP contribution is 2.32. The molecule has 372 valence electrons. The number of aromatic nitrogens is 8. The normalized spacial score (nSPS) is 17.1. The number of nitrogens with zero attached hydrogens (tertiary/aromatic N) is 12. The third-order valence-electron chi connectivity index (χ3n) is 13.4. The number of ether oxygens (including phenoxy) is 2. The lowest BCUT2D eigenvalue weighted by molar-refractivity contribution is 0.180. The average Bonchev–Trinajstić information content (AvgIpc) is 4.14. The van der Waals surface area contributed by atoms with E-state index in [9.17, 15) is 19.1 Å². The lowest BCUT2D eigenvalue weighted by Gasteiger charge is -2.26. The van der Waals surface area contributed by atoms with Gasteiger partial charge in [-0.25, -0.2) is 24.9 Å². The van der Waals surface area contributed by atoms with Crippen LogP contribution in [0.25, 0.3) is 22.1 Å². The lowest BCUT2D eigenvalue weighted by Crippen LogP contribution is -2.33. The Morgan fingerprint density at radius 3 is 1.61 bits per heavy atom. The first kappa shape index (κ1) is 50.5. The Labute approximate surface area is 415 Å². The predicted molar refractivity (Wildman–Crippen MR) is 272 cm³/mol. The second-order valence-electron chi connectivity index (χ2n) is 18.4. The highest BCUT2D eigenvalue weighted by atomic mass is 32.2. The summed E-state index contributed by atoms with van der Waals surface area (Å²) in [5, 5.41) is 23.2. The first-order chi connectivity index (χ1) is 34.7. The predicted octanol–water partition coefficient (Wildman–Crippen LogP) is 6.83. The van der Waals surface area contributed by atoms with Gasteiger partial charge in [-0.15, -0.1) is 0 Å². The van der Waals surface area contributed by atoms with Crippen molar-refractivity contribution >= 4 is 50.2 Å². The van der Waals surface area contributed by atoms with Gasteiger partial charge in [-0.05, 0) is 102 Å². The Bertz CT molecular complexity index is 2970. The third kappa shape index (κ3) is 13.3. The summed E-state index contributed by atoms with van der Waals surface area (Å²) >= 11 is 0. The van der Waals surface area contributed by atoms with Crippen molar-refractivity contribution in [2.75, 3.05) is 69.8 Å². The van der Waals surface area contributed by atoms with Crippen LogP contribution in [0.4, 0.5) is 17.3 Å². The van der Waals surface area contributed by atoms with Gasteiger partial charge in [0.05, 0.1) is 34.6 Å². The molecule has 1 unspecified atom stereocenters. The number of hydrogen-bond acceptors (Lipinski definition) is 17. The van der Waals surface area contributed by atoms with Gasteiger partial charge in [-0.1, -0.05) is 38.5 Å². The molecule has 0 spiro atoms. The zero-order valence-electron chi connectivity index (χ0n) is 40.4. The van der Waals surface area contributed by atoms with E-state index < -0.39 is 10.8 Å². The van der Waals surface area contributed by atoms with Crippen LogP contribution in [0.2, 0.25) is 0 Å². The van der Waals surface area contributed by atoms with E-state index in [1.165, 1.54) is 70.1 Å². The minimum atomic E-state index is -1.31. The molecule has 0 aromatic carbocycles. The molecule has 2 saturated heterocycles. The van der Waals surface area contributed by atoms with E-state index >= 15 is 0 Å². The van der Waals surface area contributed by atoms with Gasteiger partial charge in [-0.3, -0.25) is 32.7 Å². The van der Waals surface area contributed by atoms with Crippen LogP contribution >= 0.6 is 0 Å². The minimum Gasteiger partial charge on any atom is -0.476 e. The van der Waals surface area contributed by atoms with Gasteiger partial charge in [0.15, 0.2) is 0 Å². The molecular weight excluding hydrogens is 921 g/mol. The van der Waals surface area contributed by atoms with E-state index in [-0.39, 0.29) is 39.5 Å². The number of nitriles is 2. The fraction of sp³-hybridized carbons (Fsp3) is 0.490. The number of likely N-dealkylation sites (tertiary alicyclic amines) is 2. The summed E-state index contributed by atoms with van der Waals surface area (Å²) in [5.41, 5.74) is 7.61. The molecule has 71 heavy (non-hydrogen) atoms. The number of nitrogen functional groups attached to an aromatic ring is 1. The molecule has 19 nitrogen and oxygen atoms in total. The Morgan fingerprint density at radius 2 is 1.14 bits per heavy atom. The molecule has 6 aromatic heterocycles. The van der Waals surface area contributed by atoms with Gasteiger partial charge >= 0.3 is 0 Å². The van der Waals surface area contributed by atoms with Crippen molar-refractivity contribution in [1.29, 1.82) is 10.5 Å². The Kier molecular flexibility index (Phi) is 17.6. The third-order valence-corrected chi connectivity index (χ3v) is 14.1. The van der Waals surface area contributed by atoms with Crippen molar-refractivity contribution in [2.24, 2.45) is 0 Å². The van der Waals surface area contributed by atoms with Crippen LogP contribution in [0.3, 0.4) is 0 Å². The van der Waals surface area contributed by atoms with Gasteiger partial charge in [-0.2, -0.15) is 15.5 Å².